The Hall–Kier alpha value is -3.35. The first kappa shape index (κ1) is 21.9. The molecule has 4 rings (SSSR count). The maximum absolute atomic E-state index is 12.6. The Morgan fingerprint density at radius 3 is 2.56 bits per heavy atom. The van der Waals surface area contributed by atoms with E-state index < -0.39 is 0 Å². The van der Waals surface area contributed by atoms with Gasteiger partial charge >= 0.3 is 0 Å². The standard InChI is InChI=1S/C25H29N3O4/c1-4-30-21-11-8-18(14-22(21)31-5-2)12-13-28-16-20(15-23(28)29)24-26-25(32-27-24)19-9-6-17(3)7-10-19/h6-11,14,20H,4-5,12-13,15-16H2,1-3H3. The molecule has 0 N–H and O–H groups in total. The van der Waals surface area contributed by atoms with E-state index in [4.69, 9.17) is 14.0 Å². The zero-order chi connectivity index (χ0) is 22.5. The van der Waals surface area contributed by atoms with Crippen LogP contribution in [0.2, 0.25) is 0 Å². The van der Waals surface area contributed by atoms with Crippen molar-refractivity contribution in [2.45, 2.75) is 39.5 Å². The first-order valence-electron chi connectivity index (χ1n) is 11.1. The lowest BCUT2D eigenvalue weighted by Crippen LogP contribution is -2.27. The van der Waals surface area contributed by atoms with Crippen molar-refractivity contribution in [1.29, 1.82) is 0 Å². The van der Waals surface area contributed by atoms with E-state index in [-0.39, 0.29) is 11.8 Å². The van der Waals surface area contributed by atoms with Crippen LogP contribution in [0.3, 0.4) is 0 Å². The monoisotopic (exact) mass is 435 g/mol. The van der Waals surface area contributed by atoms with Gasteiger partial charge < -0.3 is 18.9 Å². The summed E-state index contributed by atoms with van der Waals surface area (Å²) in [6.07, 6.45) is 1.14. The summed E-state index contributed by atoms with van der Waals surface area (Å²) in [6, 6.07) is 13.9. The van der Waals surface area contributed by atoms with Crippen molar-refractivity contribution in [3.63, 3.8) is 0 Å². The summed E-state index contributed by atoms with van der Waals surface area (Å²) < 4.78 is 16.8. The van der Waals surface area contributed by atoms with Gasteiger partial charge in [0, 0.05) is 31.0 Å². The molecular weight excluding hydrogens is 406 g/mol. The second-order valence-electron chi connectivity index (χ2n) is 7.96. The summed E-state index contributed by atoms with van der Waals surface area (Å²) >= 11 is 0. The van der Waals surface area contributed by atoms with Crippen LogP contribution >= 0.6 is 0 Å². The van der Waals surface area contributed by atoms with Gasteiger partial charge in [-0.05, 0) is 57.0 Å². The number of amides is 1. The van der Waals surface area contributed by atoms with Gasteiger partial charge in [-0.15, -0.1) is 0 Å². The zero-order valence-electron chi connectivity index (χ0n) is 18.8. The Bertz CT molecular complexity index is 1060. The number of likely N-dealkylation sites (tertiary alicyclic amines) is 1. The van der Waals surface area contributed by atoms with Crippen molar-refractivity contribution in [2.24, 2.45) is 0 Å². The van der Waals surface area contributed by atoms with Gasteiger partial charge in [-0.3, -0.25) is 4.79 Å². The van der Waals surface area contributed by atoms with Gasteiger partial charge in [-0.2, -0.15) is 4.98 Å². The molecule has 2 aromatic carbocycles. The van der Waals surface area contributed by atoms with E-state index in [1.807, 2.05) is 68.1 Å². The first-order chi connectivity index (χ1) is 15.6. The van der Waals surface area contributed by atoms with Crippen molar-refractivity contribution in [1.82, 2.24) is 15.0 Å². The molecule has 168 valence electrons. The summed E-state index contributed by atoms with van der Waals surface area (Å²) in [4.78, 5) is 19.0. The fourth-order valence-corrected chi connectivity index (χ4v) is 3.89. The predicted molar refractivity (Wildman–Crippen MR) is 121 cm³/mol. The third-order valence-corrected chi connectivity index (χ3v) is 5.60. The Morgan fingerprint density at radius 2 is 1.81 bits per heavy atom. The molecule has 0 spiro atoms. The third-order valence-electron chi connectivity index (χ3n) is 5.60. The number of aromatic nitrogens is 2. The molecular formula is C25H29N3O4. The fourth-order valence-electron chi connectivity index (χ4n) is 3.89. The Morgan fingerprint density at radius 1 is 1.06 bits per heavy atom. The van der Waals surface area contributed by atoms with E-state index in [0.717, 1.165) is 29.0 Å². The molecule has 1 aliphatic rings. The van der Waals surface area contributed by atoms with Crippen molar-refractivity contribution in [2.75, 3.05) is 26.3 Å². The van der Waals surface area contributed by atoms with Crippen molar-refractivity contribution in [3.05, 3.63) is 59.4 Å². The van der Waals surface area contributed by atoms with Crippen LogP contribution in [0.15, 0.2) is 47.0 Å². The van der Waals surface area contributed by atoms with Crippen molar-refractivity contribution in [3.8, 4) is 23.0 Å². The highest BCUT2D eigenvalue weighted by Crippen LogP contribution is 2.31. The number of carbonyl (C=O) groups is 1. The second-order valence-corrected chi connectivity index (χ2v) is 7.96. The first-order valence-corrected chi connectivity index (χ1v) is 11.1. The van der Waals surface area contributed by atoms with Crippen LogP contribution in [0.4, 0.5) is 0 Å². The van der Waals surface area contributed by atoms with E-state index in [9.17, 15) is 4.79 Å². The molecule has 0 aliphatic carbocycles. The van der Waals surface area contributed by atoms with Crippen LogP contribution in [0.5, 0.6) is 11.5 Å². The minimum absolute atomic E-state index is 0.0511. The summed E-state index contributed by atoms with van der Waals surface area (Å²) in [5, 5.41) is 4.15. The summed E-state index contributed by atoms with van der Waals surface area (Å²) in [5.41, 5.74) is 3.16. The average Bonchev–Trinajstić information content (AvgIpc) is 3.42. The largest absolute Gasteiger partial charge is 0.490 e. The minimum Gasteiger partial charge on any atom is -0.490 e. The van der Waals surface area contributed by atoms with Gasteiger partial charge in [0.2, 0.25) is 5.91 Å². The Balaban J connectivity index is 1.38. The highest BCUT2D eigenvalue weighted by molar-refractivity contribution is 5.79. The van der Waals surface area contributed by atoms with E-state index >= 15 is 0 Å². The molecule has 32 heavy (non-hydrogen) atoms. The normalized spacial score (nSPS) is 15.9. The van der Waals surface area contributed by atoms with Crippen molar-refractivity contribution >= 4 is 5.91 Å². The van der Waals surface area contributed by atoms with Crippen LogP contribution in [0.1, 0.15) is 43.1 Å². The molecule has 0 radical (unpaired) electrons. The van der Waals surface area contributed by atoms with E-state index in [0.29, 0.717) is 44.4 Å². The molecule has 1 aliphatic heterocycles. The lowest BCUT2D eigenvalue weighted by Gasteiger charge is -2.17. The molecule has 1 unspecified atom stereocenters. The number of hydrogen-bond donors (Lipinski definition) is 0. The maximum Gasteiger partial charge on any atom is 0.257 e. The molecule has 2 heterocycles. The highest BCUT2D eigenvalue weighted by Gasteiger charge is 2.33. The van der Waals surface area contributed by atoms with Gasteiger partial charge in [0.1, 0.15) is 0 Å². The van der Waals surface area contributed by atoms with Crippen LogP contribution in [-0.4, -0.2) is 47.3 Å². The van der Waals surface area contributed by atoms with E-state index in [1.54, 1.807) is 0 Å². The van der Waals surface area contributed by atoms with Gasteiger partial charge in [0.05, 0.1) is 13.2 Å². The lowest BCUT2D eigenvalue weighted by atomic mass is 10.1. The lowest BCUT2D eigenvalue weighted by molar-refractivity contribution is -0.127. The molecule has 1 amide bonds. The summed E-state index contributed by atoms with van der Waals surface area (Å²) in [6.45, 7) is 8.33. The van der Waals surface area contributed by atoms with Crippen LogP contribution < -0.4 is 9.47 Å². The maximum atomic E-state index is 12.6. The number of nitrogens with zero attached hydrogens (tertiary/aromatic N) is 3. The number of carbonyl (C=O) groups excluding carboxylic acids is 1. The smallest absolute Gasteiger partial charge is 0.257 e. The number of benzene rings is 2. The van der Waals surface area contributed by atoms with Crippen LogP contribution in [0, 0.1) is 6.92 Å². The van der Waals surface area contributed by atoms with Gasteiger partial charge in [-0.1, -0.05) is 28.9 Å². The topological polar surface area (TPSA) is 77.7 Å². The molecule has 1 saturated heterocycles. The summed E-state index contributed by atoms with van der Waals surface area (Å²) in [7, 11) is 0. The Kier molecular flexibility index (Phi) is 6.73. The number of ether oxygens (including phenoxy) is 2. The molecule has 7 nitrogen and oxygen atoms in total. The second kappa shape index (κ2) is 9.85. The minimum atomic E-state index is -0.0511. The van der Waals surface area contributed by atoms with Gasteiger partial charge in [0.25, 0.3) is 5.89 Å². The SMILES string of the molecule is CCOc1ccc(CCN2CC(c3noc(-c4ccc(C)cc4)n3)CC2=O)cc1OCC. The van der Waals surface area contributed by atoms with E-state index in [1.165, 1.54) is 5.56 Å². The average molecular weight is 436 g/mol. The van der Waals surface area contributed by atoms with Crippen LogP contribution in [0.25, 0.3) is 11.5 Å². The molecule has 1 fully saturated rings. The van der Waals surface area contributed by atoms with Gasteiger partial charge in [0.15, 0.2) is 17.3 Å². The molecule has 1 atom stereocenters. The molecule has 0 bridgehead atoms. The van der Waals surface area contributed by atoms with E-state index in [2.05, 4.69) is 10.1 Å². The molecule has 7 heteroatoms. The Labute approximate surface area is 188 Å². The third kappa shape index (κ3) is 4.93. The number of rotatable bonds is 9. The highest BCUT2D eigenvalue weighted by atomic mass is 16.5. The quantitative estimate of drug-likeness (QED) is 0.496. The summed E-state index contributed by atoms with van der Waals surface area (Å²) in [5.74, 6) is 2.64. The molecule has 1 aromatic heterocycles. The molecule has 3 aromatic rings. The molecule has 0 saturated carbocycles. The predicted octanol–water partition coefficient (Wildman–Crippen LogP) is 4.40. The number of hydrogen-bond acceptors (Lipinski definition) is 6. The zero-order valence-corrected chi connectivity index (χ0v) is 18.8. The van der Waals surface area contributed by atoms with Crippen molar-refractivity contribution < 1.29 is 18.8 Å². The van der Waals surface area contributed by atoms with Gasteiger partial charge in [-0.25, -0.2) is 0 Å². The van der Waals surface area contributed by atoms with Crippen LogP contribution in [-0.2, 0) is 11.2 Å². The number of aryl methyl sites for hydroxylation is 1. The fraction of sp³-hybridized carbons (Fsp3) is 0.400.